The highest BCUT2D eigenvalue weighted by Crippen LogP contribution is 2.32. The number of hydrogen-bond acceptors (Lipinski definition) is 4. The van der Waals surface area contributed by atoms with Crippen molar-refractivity contribution in [2.75, 3.05) is 20.2 Å². The molecule has 0 bridgehead atoms. The van der Waals surface area contributed by atoms with Crippen molar-refractivity contribution in [3.05, 3.63) is 64.2 Å². The Morgan fingerprint density at radius 3 is 2.24 bits per heavy atom. The molecule has 0 aromatic heterocycles. The molecule has 7 heteroatoms. The average Bonchev–Trinajstić information content (AvgIpc) is 2.79. The molecule has 1 fully saturated rings. The Hall–Kier alpha value is -2.38. The topological polar surface area (TPSA) is 75.7 Å². The lowest BCUT2D eigenvalue weighted by Gasteiger charge is -2.31. The van der Waals surface area contributed by atoms with E-state index in [1.807, 2.05) is 51.1 Å². The van der Waals surface area contributed by atoms with Crippen LogP contribution in [0.2, 0.25) is 0 Å². The van der Waals surface area contributed by atoms with Gasteiger partial charge in [-0.2, -0.15) is 0 Å². The number of nitrogens with one attached hydrogen (secondary N) is 1. The molecule has 0 saturated carbocycles. The third-order valence-electron chi connectivity index (χ3n) is 6.75. The highest BCUT2D eigenvalue weighted by atomic mass is 32.2. The molecule has 1 saturated heterocycles. The summed E-state index contributed by atoms with van der Waals surface area (Å²) in [4.78, 5) is 13.0. The molecule has 0 spiro atoms. The van der Waals surface area contributed by atoms with Crippen LogP contribution in [0.4, 0.5) is 0 Å². The van der Waals surface area contributed by atoms with Crippen LogP contribution in [-0.4, -0.2) is 38.8 Å². The Kier molecular flexibility index (Phi) is 8.42. The molecule has 2 aromatic carbocycles. The maximum atomic E-state index is 13.0. The van der Waals surface area contributed by atoms with Crippen LogP contribution in [0.1, 0.15) is 73.4 Å². The van der Waals surface area contributed by atoms with E-state index in [0.717, 1.165) is 33.6 Å². The highest BCUT2D eigenvalue weighted by molar-refractivity contribution is 7.88. The van der Waals surface area contributed by atoms with E-state index in [9.17, 15) is 13.2 Å². The number of aryl methyl sites for hydroxylation is 2. The fourth-order valence-electron chi connectivity index (χ4n) is 4.60. The van der Waals surface area contributed by atoms with Crippen molar-refractivity contribution in [2.24, 2.45) is 5.92 Å². The summed E-state index contributed by atoms with van der Waals surface area (Å²) < 4.78 is 32.8. The first-order valence-corrected chi connectivity index (χ1v) is 13.6. The summed E-state index contributed by atoms with van der Waals surface area (Å²) in [5.41, 5.74) is 5.17. The van der Waals surface area contributed by atoms with Gasteiger partial charge < -0.3 is 10.1 Å². The van der Waals surface area contributed by atoms with Gasteiger partial charge in [0.1, 0.15) is 5.75 Å². The molecular weight excluding hydrogens is 448 g/mol. The number of carbonyl (C=O) groups is 1. The van der Waals surface area contributed by atoms with Crippen molar-refractivity contribution in [1.29, 1.82) is 0 Å². The molecule has 1 atom stereocenters. The number of rotatable bonds is 8. The first-order valence-electron chi connectivity index (χ1n) is 12.0. The molecule has 3 rings (SSSR count). The number of benzene rings is 2. The van der Waals surface area contributed by atoms with Crippen LogP contribution in [0.25, 0.3) is 0 Å². The summed E-state index contributed by atoms with van der Waals surface area (Å²) in [5.74, 6) is 0.981. The van der Waals surface area contributed by atoms with Gasteiger partial charge in [0, 0.05) is 19.0 Å². The maximum absolute atomic E-state index is 13.0. The molecular formula is C27H38N2O4S. The summed E-state index contributed by atoms with van der Waals surface area (Å²) in [6.45, 7) is 11.0. The summed E-state index contributed by atoms with van der Waals surface area (Å²) in [7, 11) is -1.72. The van der Waals surface area contributed by atoms with Crippen molar-refractivity contribution >= 4 is 15.9 Å². The smallest absolute Gasteiger partial charge is 0.223 e. The van der Waals surface area contributed by atoms with Gasteiger partial charge in [0.05, 0.1) is 18.9 Å². The van der Waals surface area contributed by atoms with E-state index < -0.39 is 10.0 Å². The van der Waals surface area contributed by atoms with Gasteiger partial charge in [-0.05, 0) is 73.9 Å². The van der Waals surface area contributed by atoms with E-state index >= 15 is 0 Å². The van der Waals surface area contributed by atoms with Crippen LogP contribution in [0.15, 0.2) is 36.4 Å². The first-order chi connectivity index (χ1) is 16.0. The van der Waals surface area contributed by atoms with Crippen LogP contribution in [-0.2, 0) is 20.6 Å². The predicted octanol–water partition coefficient (Wildman–Crippen LogP) is 4.85. The number of carbonyl (C=O) groups excluding carboxylic acids is 1. The van der Waals surface area contributed by atoms with E-state index in [1.54, 1.807) is 7.11 Å². The monoisotopic (exact) mass is 486 g/mol. The van der Waals surface area contributed by atoms with Gasteiger partial charge in [-0.1, -0.05) is 43.7 Å². The normalized spacial score (nSPS) is 16.4. The minimum absolute atomic E-state index is 0.00386. The zero-order valence-corrected chi connectivity index (χ0v) is 22.0. The van der Waals surface area contributed by atoms with Crippen LogP contribution in [0.3, 0.4) is 0 Å². The molecule has 1 heterocycles. The fraction of sp³-hybridized carbons (Fsp3) is 0.519. The van der Waals surface area contributed by atoms with Crippen LogP contribution < -0.4 is 10.1 Å². The van der Waals surface area contributed by atoms with E-state index in [2.05, 4.69) is 25.2 Å². The molecule has 0 aliphatic carbocycles. The first kappa shape index (κ1) is 26.2. The van der Waals surface area contributed by atoms with Gasteiger partial charge in [0.25, 0.3) is 0 Å². The molecule has 1 aliphatic heterocycles. The number of piperidine rings is 1. The Labute approximate surface area is 204 Å². The zero-order chi connectivity index (χ0) is 25.0. The number of hydrogen-bond donors (Lipinski definition) is 1. The average molecular weight is 487 g/mol. The van der Waals surface area contributed by atoms with E-state index in [4.69, 9.17) is 4.74 Å². The SMILES string of the molecule is COc1cc(C)c([C@@H](C)NC(=O)C2CCN(S(=O)(=O)Cc3ccc(C)cc3)CC2)cc1C(C)C. The molecule has 1 amide bonds. The summed E-state index contributed by atoms with van der Waals surface area (Å²) in [6, 6.07) is 11.6. The van der Waals surface area contributed by atoms with Crippen molar-refractivity contribution < 1.29 is 17.9 Å². The van der Waals surface area contributed by atoms with Crippen molar-refractivity contribution in [1.82, 2.24) is 9.62 Å². The molecule has 0 radical (unpaired) electrons. The largest absolute Gasteiger partial charge is 0.496 e. The minimum Gasteiger partial charge on any atom is -0.496 e. The highest BCUT2D eigenvalue weighted by Gasteiger charge is 2.32. The summed E-state index contributed by atoms with van der Waals surface area (Å²) >= 11 is 0. The molecule has 186 valence electrons. The second kappa shape index (κ2) is 10.9. The minimum atomic E-state index is -3.40. The Bertz CT molecular complexity index is 1100. The molecule has 0 unspecified atom stereocenters. The zero-order valence-electron chi connectivity index (χ0n) is 21.2. The standard InChI is InChI=1S/C27H38N2O4S/c1-18(2)24-16-25(20(4)15-26(24)33-6)21(5)28-27(30)23-11-13-29(14-12-23)34(31,32)17-22-9-7-19(3)8-10-22/h7-10,15-16,18,21,23H,11-14,17H2,1-6H3,(H,28,30)/t21-/m1/s1. The van der Waals surface area contributed by atoms with E-state index in [1.165, 1.54) is 4.31 Å². The van der Waals surface area contributed by atoms with Gasteiger partial charge in [-0.25, -0.2) is 12.7 Å². The number of ether oxygens (including phenoxy) is 1. The lowest BCUT2D eigenvalue weighted by Crippen LogP contribution is -2.43. The second-order valence-corrected chi connectivity index (χ2v) is 11.7. The molecule has 1 aliphatic rings. The summed E-state index contributed by atoms with van der Waals surface area (Å²) in [6.07, 6.45) is 1.06. The van der Waals surface area contributed by atoms with Gasteiger partial charge in [0.2, 0.25) is 15.9 Å². The Morgan fingerprint density at radius 2 is 1.68 bits per heavy atom. The fourth-order valence-corrected chi connectivity index (χ4v) is 6.17. The third kappa shape index (κ3) is 6.19. The third-order valence-corrected chi connectivity index (χ3v) is 8.60. The maximum Gasteiger partial charge on any atom is 0.223 e. The van der Waals surface area contributed by atoms with Gasteiger partial charge in [-0.15, -0.1) is 0 Å². The van der Waals surface area contributed by atoms with Gasteiger partial charge >= 0.3 is 0 Å². The lowest BCUT2D eigenvalue weighted by atomic mass is 9.92. The number of amides is 1. The molecule has 1 N–H and O–H groups in total. The molecule has 6 nitrogen and oxygen atoms in total. The number of sulfonamides is 1. The van der Waals surface area contributed by atoms with Gasteiger partial charge in [0.15, 0.2) is 0 Å². The number of methoxy groups -OCH3 is 1. The van der Waals surface area contributed by atoms with Crippen molar-refractivity contribution in [2.45, 2.75) is 65.2 Å². The molecule has 34 heavy (non-hydrogen) atoms. The van der Waals surface area contributed by atoms with Gasteiger partial charge in [-0.3, -0.25) is 4.79 Å². The predicted molar refractivity (Wildman–Crippen MR) is 136 cm³/mol. The second-order valence-electron chi connectivity index (χ2n) is 9.75. The number of nitrogens with zero attached hydrogens (tertiary/aromatic N) is 1. The Balaban J connectivity index is 1.60. The van der Waals surface area contributed by atoms with E-state index in [0.29, 0.717) is 31.8 Å². The van der Waals surface area contributed by atoms with E-state index in [-0.39, 0.29) is 23.6 Å². The quantitative estimate of drug-likeness (QED) is 0.578. The summed E-state index contributed by atoms with van der Waals surface area (Å²) in [5, 5.41) is 3.16. The van der Waals surface area contributed by atoms with Crippen LogP contribution in [0.5, 0.6) is 5.75 Å². The Morgan fingerprint density at radius 1 is 1.06 bits per heavy atom. The van der Waals surface area contributed by atoms with Crippen LogP contribution >= 0.6 is 0 Å². The lowest BCUT2D eigenvalue weighted by molar-refractivity contribution is -0.126. The van der Waals surface area contributed by atoms with Crippen LogP contribution in [0, 0.1) is 19.8 Å². The van der Waals surface area contributed by atoms with Crippen molar-refractivity contribution in [3.63, 3.8) is 0 Å². The molecule has 2 aromatic rings. The van der Waals surface area contributed by atoms with Crippen molar-refractivity contribution in [3.8, 4) is 5.75 Å².